The molecule has 0 radical (unpaired) electrons. The molecule has 0 fully saturated rings. The number of nitrogens with one attached hydrogen (secondary N) is 1. The lowest BCUT2D eigenvalue weighted by atomic mass is 10.0. The van der Waals surface area contributed by atoms with E-state index in [-0.39, 0.29) is 5.92 Å². The molecule has 0 aromatic carbocycles. The minimum Gasteiger partial charge on any atom is -0.480 e. The minimum absolute atomic E-state index is 0.0857. The molecule has 0 spiro atoms. The lowest BCUT2D eigenvalue weighted by Gasteiger charge is -2.18. The number of hydrogen-bond donors (Lipinski definition) is 2. The van der Waals surface area contributed by atoms with Crippen molar-refractivity contribution in [3.05, 3.63) is 24.0 Å². The van der Waals surface area contributed by atoms with Gasteiger partial charge in [-0.3, -0.25) is 10.1 Å². The largest absolute Gasteiger partial charge is 0.480 e. The summed E-state index contributed by atoms with van der Waals surface area (Å²) in [4.78, 5) is 11.0. The zero-order valence-electron chi connectivity index (χ0n) is 10.1. The normalized spacial score (nSPS) is 13.0. The zero-order valence-corrected chi connectivity index (χ0v) is 10.1. The van der Waals surface area contributed by atoms with Crippen LogP contribution in [0.4, 0.5) is 0 Å². The van der Waals surface area contributed by atoms with E-state index >= 15 is 0 Å². The number of aryl methyl sites for hydroxylation is 1. The van der Waals surface area contributed by atoms with E-state index in [1.807, 2.05) is 32.2 Å². The van der Waals surface area contributed by atoms with Gasteiger partial charge < -0.3 is 9.67 Å². The molecule has 16 heavy (non-hydrogen) atoms. The molecular formula is C12H20N2O2. The van der Waals surface area contributed by atoms with Crippen molar-refractivity contribution in [2.24, 2.45) is 5.92 Å². The van der Waals surface area contributed by atoms with E-state index < -0.39 is 12.0 Å². The average Bonchev–Trinajstić information content (AvgIpc) is 2.64. The van der Waals surface area contributed by atoms with Gasteiger partial charge in [0.15, 0.2) is 0 Å². The Labute approximate surface area is 96.3 Å². The van der Waals surface area contributed by atoms with Crippen molar-refractivity contribution in [2.75, 3.05) is 0 Å². The second-order valence-corrected chi connectivity index (χ2v) is 4.23. The number of rotatable bonds is 6. The first-order chi connectivity index (χ1) is 7.56. The molecule has 4 nitrogen and oxygen atoms in total. The van der Waals surface area contributed by atoms with Crippen LogP contribution in [0.2, 0.25) is 0 Å². The fraction of sp³-hybridized carbons (Fsp3) is 0.583. The van der Waals surface area contributed by atoms with Crippen molar-refractivity contribution >= 4 is 5.97 Å². The van der Waals surface area contributed by atoms with Crippen molar-refractivity contribution in [2.45, 2.75) is 39.9 Å². The number of carboxylic acid groups (broad SMARTS) is 1. The summed E-state index contributed by atoms with van der Waals surface area (Å²) >= 11 is 0. The van der Waals surface area contributed by atoms with Crippen LogP contribution >= 0.6 is 0 Å². The zero-order chi connectivity index (χ0) is 12.1. The molecule has 1 heterocycles. The highest BCUT2D eigenvalue weighted by Gasteiger charge is 2.20. The maximum Gasteiger partial charge on any atom is 0.320 e. The molecule has 1 atom stereocenters. The summed E-state index contributed by atoms with van der Waals surface area (Å²) in [5.74, 6) is -0.702. The maximum atomic E-state index is 11.0. The predicted octanol–water partition coefficient (Wildman–Crippen LogP) is 1.71. The van der Waals surface area contributed by atoms with Gasteiger partial charge in [-0.25, -0.2) is 0 Å². The van der Waals surface area contributed by atoms with Crippen LogP contribution in [0, 0.1) is 5.92 Å². The molecule has 0 saturated carbocycles. The van der Waals surface area contributed by atoms with Crippen LogP contribution in [0.1, 0.15) is 26.5 Å². The number of nitrogens with zero attached hydrogens (tertiary/aromatic N) is 1. The Bertz CT molecular complexity index is 345. The second kappa shape index (κ2) is 5.70. The number of carbonyl (C=O) groups is 1. The Morgan fingerprint density at radius 1 is 1.56 bits per heavy atom. The van der Waals surface area contributed by atoms with E-state index in [9.17, 15) is 4.79 Å². The Hall–Kier alpha value is -1.29. The van der Waals surface area contributed by atoms with E-state index in [4.69, 9.17) is 5.11 Å². The van der Waals surface area contributed by atoms with Crippen LogP contribution in [0.3, 0.4) is 0 Å². The molecule has 1 rings (SSSR count). The molecule has 1 unspecified atom stereocenters. The summed E-state index contributed by atoms with van der Waals surface area (Å²) in [5, 5.41) is 12.1. The van der Waals surface area contributed by atoms with Gasteiger partial charge in [-0.2, -0.15) is 0 Å². The lowest BCUT2D eigenvalue weighted by Crippen LogP contribution is -2.40. The molecule has 0 amide bonds. The predicted molar refractivity (Wildman–Crippen MR) is 63.2 cm³/mol. The fourth-order valence-electron chi connectivity index (χ4n) is 1.74. The van der Waals surface area contributed by atoms with Gasteiger partial charge in [0.2, 0.25) is 0 Å². The monoisotopic (exact) mass is 224 g/mol. The molecule has 4 heteroatoms. The van der Waals surface area contributed by atoms with E-state index in [1.54, 1.807) is 0 Å². The topological polar surface area (TPSA) is 54.3 Å². The van der Waals surface area contributed by atoms with Gasteiger partial charge in [-0.1, -0.05) is 13.8 Å². The fourth-order valence-corrected chi connectivity index (χ4v) is 1.74. The highest BCUT2D eigenvalue weighted by atomic mass is 16.4. The van der Waals surface area contributed by atoms with Crippen molar-refractivity contribution in [1.29, 1.82) is 0 Å². The van der Waals surface area contributed by atoms with Crippen molar-refractivity contribution in [3.63, 3.8) is 0 Å². The molecule has 1 aromatic heterocycles. The van der Waals surface area contributed by atoms with Gasteiger partial charge in [0.1, 0.15) is 6.04 Å². The summed E-state index contributed by atoms with van der Waals surface area (Å²) in [6.45, 7) is 7.38. The SMILES string of the molecule is CCn1cccc1CNC(C(=O)O)C(C)C. The first kappa shape index (κ1) is 12.8. The van der Waals surface area contributed by atoms with E-state index in [0.717, 1.165) is 12.2 Å². The third-order valence-corrected chi connectivity index (χ3v) is 2.70. The molecule has 0 aliphatic heterocycles. The van der Waals surface area contributed by atoms with Crippen molar-refractivity contribution in [1.82, 2.24) is 9.88 Å². The average molecular weight is 224 g/mol. The highest BCUT2D eigenvalue weighted by molar-refractivity contribution is 5.73. The molecule has 0 saturated heterocycles. The first-order valence-corrected chi connectivity index (χ1v) is 5.66. The van der Waals surface area contributed by atoms with Crippen LogP contribution in [0.5, 0.6) is 0 Å². The molecule has 0 aliphatic rings. The number of hydrogen-bond acceptors (Lipinski definition) is 2. The van der Waals surface area contributed by atoms with Gasteiger partial charge in [0.05, 0.1) is 0 Å². The summed E-state index contributed by atoms with van der Waals surface area (Å²) in [5.41, 5.74) is 1.12. The highest BCUT2D eigenvalue weighted by Crippen LogP contribution is 2.06. The smallest absolute Gasteiger partial charge is 0.320 e. The molecular weight excluding hydrogens is 204 g/mol. The van der Waals surface area contributed by atoms with E-state index in [1.165, 1.54) is 0 Å². The van der Waals surface area contributed by atoms with Crippen molar-refractivity contribution < 1.29 is 9.90 Å². The third kappa shape index (κ3) is 3.10. The van der Waals surface area contributed by atoms with Gasteiger partial charge >= 0.3 is 5.97 Å². The van der Waals surface area contributed by atoms with Gasteiger partial charge in [-0.15, -0.1) is 0 Å². The van der Waals surface area contributed by atoms with Crippen LogP contribution in [0.25, 0.3) is 0 Å². The standard InChI is InChI=1S/C12H20N2O2/c1-4-14-7-5-6-10(14)8-13-11(9(2)3)12(15)16/h5-7,9,11,13H,4,8H2,1-3H3,(H,15,16). The first-order valence-electron chi connectivity index (χ1n) is 5.66. The summed E-state index contributed by atoms with van der Waals surface area (Å²) in [7, 11) is 0. The summed E-state index contributed by atoms with van der Waals surface area (Å²) < 4.78 is 2.10. The lowest BCUT2D eigenvalue weighted by molar-refractivity contribution is -0.140. The maximum absolute atomic E-state index is 11.0. The number of aliphatic carboxylic acids is 1. The van der Waals surface area contributed by atoms with Crippen LogP contribution < -0.4 is 5.32 Å². The van der Waals surface area contributed by atoms with Crippen LogP contribution in [-0.2, 0) is 17.9 Å². The number of carboxylic acids is 1. The third-order valence-electron chi connectivity index (χ3n) is 2.70. The van der Waals surface area contributed by atoms with E-state index in [0.29, 0.717) is 6.54 Å². The molecule has 0 bridgehead atoms. The Kier molecular flexibility index (Phi) is 4.55. The van der Waals surface area contributed by atoms with Crippen LogP contribution in [0.15, 0.2) is 18.3 Å². The van der Waals surface area contributed by atoms with Gasteiger partial charge in [0, 0.05) is 25.0 Å². The van der Waals surface area contributed by atoms with Gasteiger partial charge in [0.25, 0.3) is 0 Å². The van der Waals surface area contributed by atoms with Crippen molar-refractivity contribution in [3.8, 4) is 0 Å². The number of aromatic nitrogens is 1. The Balaban J connectivity index is 2.59. The minimum atomic E-state index is -0.787. The molecule has 0 aliphatic carbocycles. The quantitative estimate of drug-likeness (QED) is 0.773. The Morgan fingerprint density at radius 2 is 2.25 bits per heavy atom. The molecule has 90 valence electrons. The Morgan fingerprint density at radius 3 is 2.75 bits per heavy atom. The molecule has 1 aromatic rings. The summed E-state index contributed by atoms with van der Waals surface area (Å²) in [6.07, 6.45) is 2.00. The van der Waals surface area contributed by atoms with Gasteiger partial charge in [-0.05, 0) is 25.0 Å². The summed E-state index contributed by atoms with van der Waals surface area (Å²) in [6, 6.07) is 3.50. The second-order valence-electron chi connectivity index (χ2n) is 4.23. The van der Waals surface area contributed by atoms with Crippen LogP contribution in [-0.4, -0.2) is 21.7 Å². The molecule has 2 N–H and O–H groups in total. The van der Waals surface area contributed by atoms with E-state index in [2.05, 4.69) is 16.8 Å².